The quantitative estimate of drug-likeness (QED) is 0.249. The van der Waals surface area contributed by atoms with Gasteiger partial charge in [0.05, 0.1) is 40.5 Å². The molecule has 0 amide bonds. The van der Waals surface area contributed by atoms with Crippen molar-refractivity contribution >= 4 is 70.9 Å². The van der Waals surface area contributed by atoms with E-state index in [4.69, 9.17) is 14.2 Å². The predicted octanol–water partition coefficient (Wildman–Crippen LogP) is 7.62. The Kier molecular flexibility index (Phi) is 7.85. The Labute approximate surface area is 239 Å². The number of hydrogen-bond donors (Lipinski definition) is 0. The van der Waals surface area contributed by atoms with Gasteiger partial charge in [0.1, 0.15) is 17.3 Å². The Morgan fingerprint density at radius 2 is 1.68 bits per heavy atom. The van der Waals surface area contributed by atoms with Crippen LogP contribution in [0.5, 0.6) is 5.75 Å². The molecule has 0 N–H and O–H groups in total. The first-order valence-electron chi connectivity index (χ1n) is 11.5. The van der Waals surface area contributed by atoms with E-state index in [-0.39, 0.29) is 17.4 Å². The Morgan fingerprint density at radius 1 is 1.00 bits per heavy atom. The number of methoxy groups -OCH3 is 1. The number of carbonyl (C=O) groups is 1. The zero-order valence-corrected chi connectivity index (χ0v) is 24.5. The minimum absolute atomic E-state index is 0.225. The van der Waals surface area contributed by atoms with E-state index in [0.717, 1.165) is 10.0 Å². The molecule has 0 bridgehead atoms. The summed E-state index contributed by atoms with van der Waals surface area (Å²) in [6.45, 7) is 2.47. The van der Waals surface area contributed by atoms with Crippen LogP contribution in [0.4, 0.5) is 10.1 Å². The number of ketones is 1. The highest BCUT2D eigenvalue weighted by Gasteiger charge is 2.34. The molecule has 0 spiro atoms. The van der Waals surface area contributed by atoms with Crippen LogP contribution < -0.4 is 9.64 Å². The van der Waals surface area contributed by atoms with Gasteiger partial charge in [0.15, 0.2) is 5.76 Å². The Morgan fingerprint density at radius 3 is 2.30 bits per heavy atom. The van der Waals surface area contributed by atoms with Crippen LogP contribution in [0.1, 0.15) is 21.5 Å². The van der Waals surface area contributed by atoms with E-state index in [1.807, 2.05) is 35.2 Å². The molecule has 5 rings (SSSR count). The number of Topliss-reactive ketones (excluding diaryl/α,β-unsaturated/α-hetero) is 1. The second kappa shape index (κ2) is 11.1. The molecule has 1 fully saturated rings. The van der Waals surface area contributed by atoms with Gasteiger partial charge in [0.25, 0.3) is 0 Å². The van der Waals surface area contributed by atoms with Crippen LogP contribution >= 0.6 is 47.8 Å². The summed E-state index contributed by atoms with van der Waals surface area (Å²) in [4.78, 5) is 15.5. The van der Waals surface area contributed by atoms with Crippen molar-refractivity contribution in [2.24, 2.45) is 0 Å². The topological polar surface area (TPSA) is 48.0 Å². The van der Waals surface area contributed by atoms with Gasteiger partial charge in [-0.2, -0.15) is 0 Å². The molecule has 9 heteroatoms. The second-order valence-electron chi connectivity index (χ2n) is 8.43. The summed E-state index contributed by atoms with van der Waals surface area (Å²) in [5.74, 6) is 0.733. The van der Waals surface area contributed by atoms with Gasteiger partial charge in [-0.1, -0.05) is 34.1 Å². The minimum Gasteiger partial charge on any atom is -0.494 e. The molecular weight excluding hydrogens is 673 g/mol. The fraction of sp³-hybridized carbons (Fsp3) is 0.179. The normalized spacial score (nSPS) is 16.5. The first-order valence-corrected chi connectivity index (χ1v) is 13.8. The molecule has 5 nitrogen and oxygen atoms in total. The summed E-state index contributed by atoms with van der Waals surface area (Å²) in [5.41, 5.74) is 3.11. The molecular formula is C28H21Br3FNO4. The number of morpholine rings is 1. The second-order valence-corrected chi connectivity index (χ2v) is 11.1. The van der Waals surface area contributed by atoms with E-state index in [9.17, 15) is 9.18 Å². The van der Waals surface area contributed by atoms with Crippen LogP contribution in [-0.4, -0.2) is 39.2 Å². The van der Waals surface area contributed by atoms with Gasteiger partial charge in [-0.05, 0) is 85.5 Å². The number of rotatable bonds is 6. The number of anilines is 1. The van der Waals surface area contributed by atoms with Crippen molar-refractivity contribution in [3.8, 4) is 5.75 Å². The zero-order valence-electron chi connectivity index (χ0n) is 19.7. The molecule has 190 valence electrons. The molecule has 0 saturated carbocycles. The van der Waals surface area contributed by atoms with Crippen LogP contribution in [0.15, 0.2) is 79.5 Å². The molecule has 3 aromatic carbocycles. The first-order chi connectivity index (χ1) is 17.9. The Balaban J connectivity index is 1.51. The largest absolute Gasteiger partial charge is 0.494 e. The third-order valence-electron chi connectivity index (χ3n) is 6.11. The molecule has 0 aromatic heterocycles. The predicted molar refractivity (Wildman–Crippen MR) is 152 cm³/mol. The van der Waals surface area contributed by atoms with Crippen molar-refractivity contribution in [3.05, 3.63) is 102 Å². The summed E-state index contributed by atoms with van der Waals surface area (Å²) < 4.78 is 33.9. The third kappa shape index (κ3) is 5.41. The van der Waals surface area contributed by atoms with E-state index in [1.165, 1.54) is 6.07 Å². The van der Waals surface area contributed by atoms with E-state index in [0.29, 0.717) is 69.1 Å². The van der Waals surface area contributed by atoms with Gasteiger partial charge >= 0.3 is 0 Å². The lowest BCUT2D eigenvalue weighted by molar-refractivity contribution is 0.0947. The van der Waals surface area contributed by atoms with Crippen molar-refractivity contribution in [3.63, 3.8) is 0 Å². The number of benzene rings is 3. The molecule has 2 aliphatic heterocycles. The molecule has 2 heterocycles. The first kappa shape index (κ1) is 26.2. The number of carbonyl (C=O) groups excluding carboxylic acids is 1. The van der Waals surface area contributed by atoms with E-state index in [2.05, 4.69) is 47.8 Å². The lowest BCUT2D eigenvalue weighted by Crippen LogP contribution is -2.36. The Hall–Kier alpha value is -2.46. The van der Waals surface area contributed by atoms with Crippen molar-refractivity contribution in [2.75, 3.05) is 38.3 Å². The van der Waals surface area contributed by atoms with Gasteiger partial charge in [0.2, 0.25) is 5.78 Å². The van der Waals surface area contributed by atoms with Gasteiger partial charge in [-0.15, -0.1) is 0 Å². The molecule has 0 radical (unpaired) electrons. The summed E-state index contributed by atoms with van der Waals surface area (Å²) >= 11 is 10.4. The number of halogens is 4. The molecule has 3 aromatic rings. The average Bonchev–Trinajstić information content (AvgIpc) is 2.87. The summed E-state index contributed by atoms with van der Waals surface area (Å²) in [6, 6.07) is 16.1. The van der Waals surface area contributed by atoms with E-state index >= 15 is 0 Å². The molecule has 1 saturated heterocycles. The number of nitrogens with zero attached hydrogens (tertiary/aromatic N) is 1. The maximum Gasteiger partial charge on any atom is 0.229 e. The summed E-state index contributed by atoms with van der Waals surface area (Å²) in [5, 5.41) is 0. The van der Waals surface area contributed by atoms with Crippen molar-refractivity contribution in [1.29, 1.82) is 0 Å². The van der Waals surface area contributed by atoms with E-state index < -0.39 is 0 Å². The van der Waals surface area contributed by atoms with Crippen LogP contribution in [0, 0.1) is 5.82 Å². The maximum atomic E-state index is 15.0. The van der Waals surface area contributed by atoms with Gasteiger partial charge in [-0.25, -0.2) is 4.39 Å². The molecule has 0 unspecified atom stereocenters. The number of ether oxygens (including phenoxy) is 3. The SMILES string of the molecule is COc1c(Br)cc(C(=O)C2=C(c3ccc(Br)cc3)/C(=C/c3ccc(N4CCOCC4)c(F)c3)O2)cc1Br. The monoisotopic (exact) mass is 691 g/mol. The van der Waals surface area contributed by atoms with Crippen LogP contribution in [-0.2, 0) is 9.47 Å². The molecule has 0 atom stereocenters. The van der Waals surface area contributed by atoms with Gasteiger partial charge in [-0.3, -0.25) is 4.79 Å². The minimum atomic E-state index is -0.311. The van der Waals surface area contributed by atoms with Crippen LogP contribution in [0.2, 0.25) is 0 Å². The summed E-state index contributed by atoms with van der Waals surface area (Å²) in [7, 11) is 1.56. The fourth-order valence-electron chi connectivity index (χ4n) is 4.27. The highest BCUT2D eigenvalue weighted by Crippen LogP contribution is 2.43. The highest BCUT2D eigenvalue weighted by molar-refractivity contribution is 9.11. The van der Waals surface area contributed by atoms with Crippen molar-refractivity contribution < 1.29 is 23.4 Å². The standard InChI is InChI=1S/C28H21Br3FNO4/c1-35-27-20(30)14-18(15-21(27)31)26(34)28-25(17-3-5-19(29)6-4-17)24(37-28)13-16-2-7-23(22(32)12-16)33-8-10-36-11-9-33/h2-7,12-15H,8-11H2,1H3/b24-13-. The van der Waals surface area contributed by atoms with Crippen LogP contribution in [0.3, 0.4) is 0 Å². The lowest BCUT2D eigenvalue weighted by atomic mass is 9.93. The average molecular weight is 694 g/mol. The fourth-order valence-corrected chi connectivity index (χ4v) is 6.05. The van der Waals surface area contributed by atoms with Crippen LogP contribution in [0.25, 0.3) is 11.6 Å². The number of hydrogen-bond acceptors (Lipinski definition) is 5. The Bertz CT molecular complexity index is 1410. The number of allylic oxidation sites excluding steroid dienone is 2. The summed E-state index contributed by atoms with van der Waals surface area (Å²) in [6.07, 6.45) is 1.75. The molecule has 37 heavy (non-hydrogen) atoms. The highest BCUT2D eigenvalue weighted by atomic mass is 79.9. The zero-order chi connectivity index (χ0) is 26.1. The molecule has 0 aliphatic carbocycles. The van der Waals surface area contributed by atoms with Gasteiger partial charge in [0, 0.05) is 23.1 Å². The smallest absolute Gasteiger partial charge is 0.229 e. The van der Waals surface area contributed by atoms with Gasteiger partial charge < -0.3 is 19.1 Å². The molecule has 2 aliphatic rings. The third-order valence-corrected chi connectivity index (χ3v) is 7.82. The van der Waals surface area contributed by atoms with Crippen molar-refractivity contribution in [2.45, 2.75) is 0 Å². The van der Waals surface area contributed by atoms with E-state index in [1.54, 1.807) is 31.4 Å². The lowest BCUT2D eigenvalue weighted by Gasteiger charge is -2.29. The maximum absolute atomic E-state index is 15.0. The van der Waals surface area contributed by atoms with Crippen molar-refractivity contribution in [1.82, 2.24) is 0 Å².